The molecule has 0 aliphatic rings. The fourth-order valence-electron chi connectivity index (χ4n) is 2.46. The van der Waals surface area contributed by atoms with Crippen LogP contribution in [0.3, 0.4) is 0 Å². The summed E-state index contributed by atoms with van der Waals surface area (Å²) in [5.74, 6) is -1.97. The third-order valence-corrected chi connectivity index (χ3v) is 3.56. The van der Waals surface area contributed by atoms with E-state index in [9.17, 15) is 18.4 Å². The monoisotopic (exact) mass is 371 g/mol. The van der Waals surface area contributed by atoms with Gasteiger partial charge in [-0.1, -0.05) is 11.2 Å². The second-order valence-electron chi connectivity index (χ2n) is 5.79. The minimum absolute atomic E-state index is 0.0542. The molecule has 27 heavy (non-hydrogen) atoms. The highest BCUT2D eigenvalue weighted by Crippen LogP contribution is 2.24. The van der Waals surface area contributed by atoms with E-state index in [2.05, 4.69) is 15.8 Å². The predicted octanol–water partition coefficient (Wildman–Crippen LogP) is 3.76. The Morgan fingerprint density at radius 1 is 1.04 bits per heavy atom. The fraction of sp³-hybridized carbons (Fsp3) is 0.105. The summed E-state index contributed by atoms with van der Waals surface area (Å²) in [6.07, 6.45) is -0.101. The summed E-state index contributed by atoms with van der Waals surface area (Å²) in [5, 5.41) is 9.04. The number of carbonyl (C=O) groups is 2. The lowest BCUT2D eigenvalue weighted by Gasteiger charge is -2.07. The number of carbonyl (C=O) groups excluding carboxylic acids is 2. The highest BCUT2D eigenvalue weighted by molar-refractivity contribution is 5.94. The Morgan fingerprint density at radius 2 is 1.78 bits per heavy atom. The molecule has 0 radical (unpaired) electrons. The lowest BCUT2D eigenvalue weighted by Crippen LogP contribution is -2.15. The van der Waals surface area contributed by atoms with Crippen LogP contribution in [0.25, 0.3) is 11.3 Å². The summed E-state index contributed by atoms with van der Waals surface area (Å²) in [5.41, 5.74) is 1.40. The van der Waals surface area contributed by atoms with E-state index >= 15 is 0 Å². The Hall–Kier alpha value is -3.55. The van der Waals surface area contributed by atoms with Gasteiger partial charge in [0.15, 0.2) is 5.76 Å². The van der Waals surface area contributed by atoms with Gasteiger partial charge in [-0.3, -0.25) is 9.59 Å². The zero-order chi connectivity index (χ0) is 19.4. The molecule has 1 heterocycles. The predicted molar refractivity (Wildman–Crippen MR) is 94.9 cm³/mol. The fourth-order valence-corrected chi connectivity index (χ4v) is 2.46. The van der Waals surface area contributed by atoms with Crippen molar-refractivity contribution >= 4 is 23.2 Å². The Morgan fingerprint density at radius 3 is 2.48 bits per heavy atom. The second kappa shape index (κ2) is 7.77. The molecule has 1 aromatic heterocycles. The largest absolute Gasteiger partial charge is 0.356 e. The van der Waals surface area contributed by atoms with E-state index in [1.165, 1.54) is 19.1 Å². The maximum atomic E-state index is 13.8. The lowest BCUT2D eigenvalue weighted by atomic mass is 10.1. The van der Waals surface area contributed by atoms with Crippen LogP contribution in [-0.2, 0) is 16.0 Å². The number of anilines is 2. The molecule has 0 saturated heterocycles. The summed E-state index contributed by atoms with van der Waals surface area (Å²) in [6, 6.07) is 11.2. The van der Waals surface area contributed by atoms with Crippen LogP contribution in [0.1, 0.15) is 12.6 Å². The molecule has 0 aliphatic heterocycles. The van der Waals surface area contributed by atoms with Gasteiger partial charge < -0.3 is 15.2 Å². The van der Waals surface area contributed by atoms with E-state index in [0.29, 0.717) is 17.1 Å². The average Bonchev–Trinajstić information content (AvgIpc) is 3.02. The molecule has 0 unspecified atom stereocenters. The van der Waals surface area contributed by atoms with Crippen LogP contribution in [0.5, 0.6) is 0 Å². The van der Waals surface area contributed by atoms with Crippen LogP contribution in [0, 0.1) is 11.6 Å². The first kappa shape index (κ1) is 18.2. The standard InChI is InChI=1S/C19H15F2N3O3/c1-11(25)22-13-3-2-4-14(8-13)23-19(26)10-15-9-18(27-24-15)16-6-5-12(20)7-17(16)21/h2-9H,10H2,1H3,(H,22,25)(H,23,26). The summed E-state index contributed by atoms with van der Waals surface area (Å²) >= 11 is 0. The van der Waals surface area contributed by atoms with Gasteiger partial charge in [-0.05, 0) is 30.3 Å². The minimum atomic E-state index is -0.781. The normalized spacial score (nSPS) is 10.5. The zero-order valence-electron chi connectivity index (χ0n) is 14.3. The van der Waals surface area contributed by atoms with Gasteiger partial charge in [0, 0.05) is 30.4 Å². The molecular weight excluding hydrogens is 356 g/mol. The van der Waals surface area contributed by atoms with Crippen molar-refractivity contribution in [1.29, 1.82) is 0 Å². The van der Waals surface area contributed by atoms with Gasteiger partial charge in [-0.15, -0.1) is 0 Å². The number of aromatic nitrogens is 1. The maximum absolute atomic E-state index is 13.8. The third kappa shape index (κ3) is 4.75. The van der Waals surface area contributed by atoms with E-state index in [1.807, 2.05) is 0 Å². The number of hydrogen-bond acceptors (Lipinski definition) is 4. The second-order valence-corrected chi connectivity index (χ2v) is 5.79. The first-order valence-electron chi connectivity index (χ1n) is 7.99. The number of rotatable bonds is 5. The van der Waals surface area contributed by atoms with Crippen LogP contribution in [0.2, 0.25) is 0 Å². The number of amides is 2. The Bertz CT molecular complexity index is 1000. The smallest absolute Gasteiger partial charge is 0.230 e. The van der Waals surface area contributed by atoms with Crippen LogP contribution in [-0.4, -0.2) is 17.0 Å². The number of benzene rings is 2. The summed E-state index contributed by atoms with van der Waals surface area (Å²) in [7, 11) is 0. The third-order valence-electron chi connectivity index (χ3n) is 3.56. The van der Waals surface area contributed by atoms with Crippen molar-refractivity contribution < 1.29 is 22.9 Å². The highest BCUT2D eigenvalue weighted by Gasteiger charge is 2.14. The number of halogens is 2. The van der Waals surface area contributed by atoms with Gasteiger partial charge in [0.2, 0.25) is 11.8 Å². The van der Waals surface area contributed by atoms with E-state index in [-0.39, 0.29) is 29.6 Å². The molecule has 2 aromatic carbocycles. The van der Waals surface area contributed by atoms with Gasteiger partial charge >= 0.3 is 0 Å². The Labute approximate surface area is 153 Å². The SMILES string of the molecule is CC(=O)Nc1cccc(NC(=O)Cc2cc(-c3ccc(F)cc3F)on2)c1. The molecule has 0 aliphatic carbocycles. The van der Waals surface area contributed by atoms with Crippen LogP contribution in [0.4, 0.5) is 20.2 Å². The summed E-state index contributed by atoms with van der Waals surface area (Å²) < 4.78 is 31.8. The molecule has 8 heteroatoms. The topological polar surface area (TPSA) is 84.2 Å². The van der Waals surface area contributed by atoms with Crippen molar-refractivity contribution in [2.24, 2.45) is 0 Å². The van der Waals surface area contributed by atoms with E-state index in [4.69, 9.17) is 4.52 Å². The molecule has 0 bridgehead atoms. The van der Waals surface area contributed by atoms with Gasteiger partial charge in [0.05, 0.1) is 17.7 Å². The van der Waals surface area contributed by atoms with Crippen molar-refractivity contribution in [2.45, 2.75) is 13.3 Å². The molecule has 3 aromatic rings. The van der Waals surface area contributed by atoms with Gasteiger partial charge in [0.1, 0.15) is 11.6 Å². The molecule has 0 saturated carbocycles. The van der Waals surface area contributed by atoms with Crippen LogP contribution in [0.15, 0.2) is 53.1 Å². The van der Waals surface area contributed by atoms with Gasteiger partial charge in [0.25, 0.3) is 0 Å². The first-order valence-corrected chi connectivity index (χ1v) is 7.99. The number of nitrogens with one attached hydrogen (secondary N) is 2. The van der Waals surface area contributed by atoms with Crippen molar-refractivity contribution in [3.63, 3.8) is 0 Å². The van der Waals surface area contributed by atoms with Crippen molar-refractivity contribution in [1.82, 2.24) is 5.16 Å². The molecule has 2 amide bonds. The molecule has 6 nitrogen and oxygen atoms in total. The first-order chi connectivity index (χ1) is 12.9. The summed E-state index contributed by atoms with van der Waals surface area (Å²) in [4.78, 5) is 23.3. The van der Waals surface area contributed by atoms with E-state index < -0.39 is 11.6 Å². The molecule has 0 fully saturated rings. The van der Waals surface area contributed by atoms with Crippen molar-refractivity contribution in [3.05, 3.63) is 65.9 Å². The van der Waals surface area contributed by atoms with Crippen LogP contribution >= 0.6 is 0 Å². The van der Waals surface area contributed by atoms with Gasteiger partial charge in [-0.25, -0.2) is 8.78 Å². The summed E-state index contributed by atoms with van der Waals surface area (Å²) in [6.45, 7) is 1.39. The van der Waals surface area contributed by atoms with Crippen LogP contribution < -0.4 is 10.6 Å². The molecular formula is C19H15F2N3O3. The minimum Gasteiger partial charge on any atom is -0.356 e. The van der Waals surface area contributed by atoms with Crippen molar-refractivity contribution in [2.75, 3.05) is 10.6 Å². The molecule has 0 spiro atoms. The number of hydrogen-bond donors (Lipinski definition) is 2. The Balaban J connectivity index is 1.67. The lowest BCUT2D eigenvalue weighted by molar-refractivity contribution is -0.116. The molecule has 3 rings (SSSR count). The Kier molecular flexibility index (Phi) is 5.25. The van der Waals surface area contributed by atoms with E-state index in [0.717, 1.165) is 12.1 Å². The van der Waals surface area contributed by atoms with Crippen molar-refractivity contribution in [3.8, 4) is 11.3 Å². The maximum Gasteiger partial charge on any atom is 0.230 e. The molecule has 138 valence electrons. The molecule has 2 N–H and O–H groups in total. The zero-order valence-corrected chi connectivity index (χ0v) is 14.3. The van der Waals surface area contributed by atoms with E-state index in [1.54, 1.807) is 24.3 Å². The average molecular weight is 371 g/mol. The van der Waals surface area contributed by atoms with Gasteiger partial charge in [-0.2, -0.15) is 0 Å². The quantitative estimate of drug-likeness (QED) is 0.715. The highest BCUT2D eigenvalue weighted by atomic mass is 19.1. The number of nitrogens with zero attached hydrogens (tertiary/aromatic N) is 1. The molecule has 0 atom stereocenters.